The van der Waals surface area contributed by atoms with Gasteiger partial charge in [-0.2, -0.15) is 0 Å². The van der Waals surface area contributed by atoms with E-state index in [1.54, 1.807) is 11.8 Å². The summed E-state index contributed by atoms with van der Waals surface area (Å²) in [5, 5.41) is 3.31. The number of nitrogens with one attached hydrogen (secondary N) is 1. The zero-order chi connectivity index (χ0) is 12.8. The molecule has 1 aliphatic rings. The molecule has 0 radical (unpaired) electrons. The minimum absolute atomic E-state index is 0. The normalized spacial score (nSPS) is 15.5. The fraction of sp³-hybridized carbons (Fsp3) is 0.462. The second-order valence-corrected chi connectivity index (χ2v) is 6.19. The first-order valence-corrected chi connectivity index (χ1v) is 7.90. The Hall–Kier alpha value is -0.230. The Labute approximate surface area is 133 Å². The Morgan fingerprint density at radius 2 is 2.21 bits per heavy atom. The van der Waals surface area contributed by atoms with Crippen LogP contribution in [-0.4, -0.2) is 42.7 Å². The maximum absolute atomic E-state index is 12.1. The molecule has 0 bridgehead atoms. The Morgan fingerprint density at radius 3 is 3.00 bits per heavy atom. The molecule has 0 aromatic heterocycles. The maximum atomic E-state index is 12.1. The Morgan fingerprint density at radius 1 is 1.37 bits per heavy atom. The van der Waals surface area contributed by atoms with Gasteiger partial charge in [0.1, 0.15) is 0 Å². The Bertz CT molecular complexity index is 411. The van der Waals surface area contributed by atoms with Crippen LogP contribution >= 0.6 is 40.1 Å². The molecule has 1 N–H and O–H groups in total. The summed E-state index contributed by atoms with van der Waals surface area (Å²) in [4.78, 5) is 15.2. The van der Waals surface area contributed by atoms with Crippen molar-refractivity contribution in [1.29, 1.82) is 0 Å². The third-order valence-electron chi connectivity index (χ3n) is 2.85. The van der Waals surface area contributed by atoms with Crippen LogP contribution in [0.25, 0.3) is 0 Å². The average molecular weight is 366 g/mol. The van der Waals surface area contributed by atoms with E-state index in [9.17, 15) is 4.79 Å². The van der Waals surface area contributed by atoms with E-state index in [4.69, 9.17) is 0 Å². The molecule has 1 saturated heterocycles. The van der Waals surface area contributed by atoms with E-state index in [0.29, 0.717) is 5.75 Å². The molecule has 0 aliphatic carbocycles. The smallest absolute Gasteiger partial charge is 0.232 e. The van der Waals surface area contributed by atoms with Gasteiger partial charge in [-0.1, -0.05) is 22.0 Å². The second-order valence-electron chi connectivity index (χ2n) is 4.23. The van der Waals surface area contributed by atoms with Gasteiger partial charge in [0.15, 0.2) is 0 Å². The fourth-order valence-electron chi connectivity index (χ4n) is 1.89. The standard InChI is InChI=1S/C13H17BrN2OS.ClH/c14-11-3-1-4-12(9-11)18-10-13(17)16-7-2-5-15-6-8-16;/h1,3-4,9,15H,2,5-8,10H2;1H. The van der Waals surface area contributed by atoms with Crippen molar-refractivity contribution < 1.29 is 4.79 Å². The van der Waals surface area contributed by atoms with Crippen molar-refractivity contribution in [2.75, 3.05) is 31.9 Å². The molecule has 1 aromatic carbocycles. The highest BCUT2D eigenvalue weighted by Gasteiger charge is 2.15. The number of carbonyl (C=O) groups excluding carboxylic acids is 1. The number of hydrogen-bond acceptors (Lipinski definition) is 3. The lowest BCUT2D eigenvalue weighted by molar-refractivity contribution is -0.128. The predicted molar refractivity (Wildman–Crippen MR) is 86.2 cm³/mol. The number of nitrogens with zero attached hydrogens (tertiary/aromatic N) is 1. The number of amides is 1. The summed E-state index contributed by atoms with van der Waals surface area (Å²) >= 11 is 5.04. The van der Waals surface area contributed by atoms with Crippen LogP contribution in [0.3, 0.4) is 0 Å². The van der Waals surface area contributed by atoms with Crippen LogP contribution in [0, 0.1) is 0 Å². The fourth-order valence-corrected chi connectivity index (χ4v) is 3.30. The van der Waals surface area contributed by atoms with E-state index >= 15 is 0 Å². The van der Waals surface area contributed by atoms with Gasteiger partial charge in [0.25, 0.3) is 0 Å². The third-order valence-corrected chi connectivity index (χ3v) is 4.32. The SMILES string of the molecule is Cl.O=C(CSc1cccc(Br)c1)N1CCCNCC1. The molecular formula is C13H18BrClN2OS. The van der Waals surface area contributed by atoms with Crippen LogP contribution in [0.4, 0.5) is 0 Å². The van der Waals surface area contributed by atoms with Crippen LogP contribution in [0.2, 0.25) is 0 Å². The molecule has 3 nitrogen and oxygen atoms in total. The van der Waals surface area contributed by atoms with Crippen LogP contribution in [0.1, 0.15) is 6.42 Å². The van der Waals surface area contributed by atoms with Crippen molar-refractivity contribution in [3.8, 4) is 0 Å². The molecule has 0 spiro atoms. The quantitative estimate of drug-likeness (QED) is 0.836. The van der Waals surface area contributed by atoms with Gasteiger partial charge in [0, 0.05) is 29.0 Å². The van der Waals surface area contributed by atoms with Gasteiger partial charge < -0.3 is 10.2 Å². The molecule has 1 amide bonds. The van der Waals surface area contributed by atoms with Crippen molar-refractivity contribution in [1.82, 2.24) is 10.2 Å². The van der Waals surface area contributed by atoms with Crippen molar-refractivity contribution in [2.24, 2.45) is 0 Å². The van der Waals surface area contributed by atoms with Crippen LogP contribution in [0.5, 0.6) is 0 Å². The number of hydrogen-bond donors (Lipinski definition) is 1. The van der Waals surface area contributed by atoms with Gasteiger partial charge in [-0.25, -0.2) is 0 Å². The van der Waals surface area contributed by atoms with Gasteiger partial charge in [-0.15, -0.1) is 24.2 Å². The first-order chi connectivity index (χ1) is 8.75. The Kier molecular flexibility index (Phi) is 7.83. The van der Waals surface area contributed by atoms with E-state index in [1.165, 1.54) is 0 Å². The first-order valence-electron chi connectivity index (χ1n) is 6.12. The summed E-state index contributed by atoms with van der Waals surface area (Å²) in [5.74, 6) is 0.764. The van der Waals surface area contributed by atoms with Gasteiger partial charge >= 0.3 is 0 Å². The van der Waals surface area contributed by atoms with E-state index in [2.05, 4.69) is 21.2 Å². The largest absolute Gasteiger partial charge is 0.341 e. The molecule has 1 fully saturated rings. The number of carbonyl (C=O) groups is 1. The lowest BCUT2D eigenvalue weighted by Crippen LogP contribution is -2.35. The van der Waals surface area contributed by atoms with Gasteiger partial charge in [0.05, 0.1) is 5.75 Å². The zero-order valence-electron chi connectivity index (χ0n) is 10.6. The molecule has 1 aromatic rings. The molecule has 1 heterocycles. The molecule has 0 atom stereocenters. The maximum Gasteiger partial charge on any atom is 0.232 e. The first kappa shape index (κ1) is 16.8. The molecule has 1 aliphatic heterocycles. The number of thioether (sulfide) groups is 1. The number of halogens is 2. The highest BCUT2D eigenvalue weighted by Crippen LogP contribution is 2.22. The molecular weight excluding hydrogens is 348 g/mol. The second kappa shape index (κ2) is 8.84. The summed E-state index contributed by atoms with van der Waals surface area (Å²) < 4.78 is 1.05. The van der Waals surface area contributed by atoms with E-state index in [-0.39, 0.29) is 18.3 Å². The van der Waals surface area contributed by atoms with Crippen LogP contribution in [0.15, 0.2) is 33.6 Å². The minimum Gasteiger partial charge on any atom is -0.341 e. The van der Waals surface area contributed by atoms with Crippen molar-refractivity contribution >= 4 is 46.0 Å². The molecule has 6 heteroatoms. The highest BCUT2D eigenvalue weighted by atomic mass is 79.9. The molecule has 0 saturated carbocycles. The van der Waals surface area contributed by atoms with Crippen molar-refractivity contribution in [3.63, 3.8) is 0 Å². The van der Waals surface area contributed by atoms with Gasteiger partial charge in [0.2, 0.25) is 5.91 Å². The van der Waals surface area contributed by atoms with Crippen molar-refractivity contribution in [2.45, 2.75) is 11.3 Å². The Balaban J connectivity index is 0.00000180. The summed E-state index contributed by atoms with van der Waals surface area (Å²) in [5.41, 5.74) is 0. The van der Waals surface area contributed by atoms with Crippen LogP contribution < -0.4 is 5.32 Å². The summed E-state index contributed by atoms with van der Waals surface area (Å²) in [7, 11) is 0. The highest BCUT2D eigenvalue weighted by molar-refractivity contribution is 9.10. The number of rotatable bonds is 3. The van der Waals surface area contributed by atoms with Gasteiger partial charge in [-0.3, -0.25) is 4.79 Å². The van der Waals surface area contributed by atoms with E-state index < -0.39 is 0 Å². The van der Waals surface area contributed by atoms with Crippen molar-refractivity contribution in [3.05, 3.63) is 28.7 Å². The predicted octanol–water partition coefficient (Wildman–Crippen LogP) is 2.78. The molecule has 2 rings (SSSR count). The average Bonchev–Trinajstić information content (AvgIpc) is 2.65. The lowest BCUT2D eigenvalue weighted by Gasteiger charge is -2.19. The minimum atomic E-state index is 0. The number of benzene rings is 1. The zero-order valence-corrected chi connectivity index (χ0v) is 13.8. The lowest BCUT2D eigenvalue weighted by atomic mass is 10.4. The summed E-state index contributed by atoms with van der Waals surface area (Å²) in [6.45, 7) is 3.64. The monoisotopic (exact) mass is 364 g/mol. The molecule has 0 unspecified atom stereocenters. The summed E-state index contributed by atoms with van der Waals surface area (Å²) in [6, 6.07) is 8.06. The van der Waals surface area contributed by atoms with E-state index in [0.717, 1.165) is 42.0 Å². The van der Waals surface area contributed by atoms with Gasteiger partial charge in [-0.05, 0) is 31.2 Å². The molecule has 106 valence electrons. The summed E-state index contributed by atoms with van der Waals surface area (Å²) in [6.07, 6.45) is 1.05. The molecule has 19 heavy (non-hydrogen) atoms. The van der Waals surface area contributed by atoms with Crippen LogP contribution in [-0.2, 0) is 4.79 Å². The van der Waals surface area contributed by atoms with E-state index in [1.807, 2.05) is 29.2 Å². The topological polar surface area (TPSA) is 32.3 Å². The third kappa shape index (κ3) is 5.73.